The summed E-state index contributed by atoms with van der Waals surface area (Å²) in [6.07, 6.45) is 1.58. The molecule has 0 aromatic carbocycles. The molecular weight excluding hydrogens is 204 g/mol. The normalized spacial score (nSPS) is 12.2. The average molecular weight is 222 g/mol. The number of pyridine rings is 1. The number of carbonyl (C=O) groups is 1. The Bertz CT molecular complexity index is 367. The van der Waals surface area contributed by atoms with Crippen molar-refractivity contribution in [3.63, 3.8) is 0 Å². The number of nitrogens with two attached hydrogens (primary N) is 2. The summed E-state index contributed by atoms with van der Waals surface area (Å²) in [6, 6.07) is 3.53. The molecule has 0 bridgehead atoms. The molecule has 1 atom stereocenters. The third-order valence-corrected chi connectivity index (χ3v) is 2.42. The number of aromatic nitrogens is 1. The Balaban J connectivity index is 2.79. The van der Waals surface area contributed by atoms with Gasteiger partial charge in [-0.25, -0.2) is 0 Å². The van der Waals surface area contributed by atoms with Gasteiger partial charge in [0, 0.05) is 25.5 Å². The Morgan fingerprint density at radius 3 is 2.88 bits per heavy atom. The van der Waals surface area contributed by atoms with Gasteiger partial charge in [0.2, 0.25) is 0 Å². The molecule has 0 radical (unpaired) electrons. The molecule has 5 nitrogen and oxygen atoms in total. The molecular formula is C11H18N4O. The van der Waals surface area contributed by atoms with Gasteiger partial charge in [-0.15, -0.1) is 0 Å². The maximum Gasteiger partial charge on any atom is 0.267 e. The quantitative estimate of drug-likeness (QED) is 0.746. The van der Waals surface area contributed by atoms with Crippen LogP contribution in [-0.2, 0) is 0 Å². The van der Waals surface area contributed by atoms with Crippen molar-refractivity contribution in [1.82, 2.24) is 4.98 Å². The van der Waals surface area contributed by atoms with Gasteiger partial charge in [-0.05, 0) is 24.6 Å². The fourth-order valence-corrected chi connectivity index (χ4v) is 1.44. The van der Waals surface area contributed by atoms with Crippen LogP contribution in [0.4, 0.5) is 5.69 Å². The highest BCUT2D eigenvalue weighted by Crippen LogP contribution is 2.13. The molecule has 5 heteroatoms. The van der Waals surface area contributed by atoms with Crippen LogP contribution in [0.3, 0.4) is 0 Å². The van der Waals surface area contributed by atoms with Gasteiger partial charge in [-0.2, -0.15) is 0 Å². The minimum absolute atomic E-state index is 0.282. The summed E-state index contributed by atoms with van der Waals surface area (Å²) < 4.78 is 0. The monoisotopic (exact) mass is 222 g/mol. The molecule has 1 rings (SSSR count). The van der Waals surface area contributed by atoms with Crippen LogP contribution in [0.1, 0.15) is 17.4 Å². The van der Waals surface area contributed by atoms with E-state index in [0.717, 1.165) is 12.2 Å². The zero-order chi connectivity index (χ0) is 12.1. The third kappa shape index (κ3) is 3.20. The molecule has 0 spiro atoms. The van der Waals surface area contributed by atoms with Gasteiger partial charge < -0.3 is 16.4 Å². The molecule has 4 N–H and O–H groups in total. The van der Waals surface area contributed by atoms with Crippen LogP contribution in [0.5, 0.6) is 0 Å². The number of rotatable bonds is 5. The minimum Gasteiger partial charge on any atom is -0.374 e. The van der Waals surface area contributed by atoms with Crippen LogP contribution < -0.4 is 16.4 Å². The number of nitrogens with zero attached hydrogens (tertiary/aromatic N) is 2. The van der Waals surface area contributed by atoms with E-state index in [-0.39, 0.29) is 5.69 Å². The highest BCUT2D eigenvalue weighted by Gasteiger charge is 2.08. The minimum atomic E-state index is -0.512. The summed E-state index contributed by atoms with van der Waals surface area (Å²) in [6.45, 7) is 3.55. The van der Waals surface area contributed by atoms with Crippen LogP contribution in [0.25, 0.3) is 0 Å². The molecule has 0 saturated carbocycles. The summed E-state index contributed by atoms with van der Waals surface area (Å²) in [7, 11) is 1.95. The lowest BCUT2D eigenvalue weighted by molar-refractivity contribution is 0.0995. The van der Waals surface area contributed by atoms with E-state index >= 15 is 0 Å². The van der Waals surface area contributed by atoms with Crippen molar-refractivity contribution in [3.8, 4) is 0 Å². The standard InChI is InChI=1S/C11H18N4O/c1-8(6-12)7-15(2)9-3-4-14-10(5-9)11(13)16/h3-5,8H,6-7,12H2,1-2H3,(H2,13,16). The van der Waals surface area contributed by atoms with Crippen LogP contribution >= 0.6 is 0 Å². The van der Waals surface area contributed by atoms with Crippen molar-refractivity contribution in [2.75, 3.05) is 25.0 Å². The largest absolute Gasteiger partial charge is 0.374 e. The molecule has 0 aliphatic heterocycles. The summed E-state index contributed by atoms with van der Waals surface area (Å²) in [5.74, 6) is -0.114. The fourth-order valence-electron chi connectivity index (χ4n) is 1.44. The van der Waals surface area contributed by atoms with E-state index in [0.29, 0.717) is 12.5 Å². The Morgan fingerprint density at radius 2 is 2.31 bits per heavy atom. The maximum atomic E-state index is 11.0. The second kappa shape index (κ2) is 5.46. The van der Waals surface area contributed by atoms with Crippen LogP contribution in [-0.4, -0.2) is 31.0 Å². The number of anilines is 1. The van der Waals surface area contributed by atoms with Gasteiger partial charge in [0.1, 0.15) is 5.69 Å². The van der Waals surface area contributed by atoms with Crippen molar-refractivity contribution in [2.45, 2.75) is 6.92 Å². The van der Waals surface area contributed by atoms with E-state index < -0.39 is 5.91 Å². The Morgan fingerprint density at radius 1 is 1.62 bits per heavy atom. The van der Waals surface area contributed by atoms with Gasteiger partial charge in [-0.1, -0.05) is 6.92 Å². The zero-order valence-electron chi connectivity index (χ0n) is 9.68. The lowest BCUT2D eigenvalue weighted by Gasteiger charge is -2.22. The number of amides is 1. The van der Waals surface area contributed by atoms with Crippen molar-refractivity contribution in [3.05, 3.63) is 24.0 Å². The molecule has 1 amide bonds. The molecule has 0 aliphatic rings. The first-order chi connectivity index (χ1) is 7.54. The van der Waals surface area contributed by atoms with Crippen LogP contribution in [0, 0.1) is 5.92 Å². The van der Waals surface area contributed by atoms with E-state index in [4.69, 9.17) is 11.5 Å². The molecule has 16 heavy (non-hydrogen) atoms. The number of primary amides is 1. The highest BCUT2D eigenvalue weighted by molar-refractivity contribution is 5.91. The first kappa shape index (κ1) is 12.4. The Kier molecular flexibility index (Phi) is 4.25. The van der Waals surface area contributed by atoms with Crippen LogP contribution in [0.2, 0.25) is 0 Å². The van der Waals surface area contributed by atoms with E-state index in [1.165, 1.54) is 0 Å². The molecule has 1 aromatic rings. The molecule has 1 unspecified atom stereocenters. The van der Waals surface area contributed by atoms with Gasteiger partial charge in [0.05, 0.1) is 0 Å². The fraction of sp³-hybridized carbons (Fsp3) is 0.455. The van der Waals surface area contributed by atoms with Gasteiger partial charge in [-0.3, -0.25) is 9.78 Å². The number of hydrogen-bond donors (Lipinski definition) is 2. The topological polar surface area (TPSA) is 85.2 Å². The van der Waals surface area contributed by atoms with E-state index in [9.17, 15) is 4.79 Å². The second-order valence-electron chi connectivity index (χ2n) is 3.98. The van der Waals surface area contributed by atoms with E-state index in [1.807, 2.05) is 18.0 Å². The van der Waals surface area contributed by atoms with Crippen LogP contribution in [0.15, 0.2) is 18.3 Å². The molecule has 0 fully saturated rings. The number of hydrogen-bond acceptors (Lipinski definition) is 4. The predicted octanol–water partition coefficient (Wildman–Crippen LogP) is 0.212. The lowest BCUT2D eigenvalue weighted by Crippen LogP contribution is -2.28. The van der Waals surface area contributed by atoms with E-state index in [1.54, 1.807) is 12.3 Å². The Hall–Kier alpha value is -1.62. The molecule has 0 saturated heterocycles. The summed E-state index contributed by atoms with van der Waals surface area (Å²) in [4.78, 5) is 16.9. The number of carbonyl (C=O) groups excluding carboxylic acids is 1. The summed E-state index contributed by atoms with van der Waals surface area (Å²) in [5.41, 5.74) is 11.9. The van der Waals surface area contributed by atoms with Gasteiger partial charge >= 0.3 is 0 Å². The highest BCUT2D eigenvalue weighted by atomic mass is 16.1. The molecule has 1 heterocycles. The lowest BCUT2D eigenvalue weighted by atomic mass is 10.1. The van der Waals surface area contributed by atoms with Crippen molar-refractivity contribution < 1.29 is 4.79 Å². The SMILES string of the molecule is CC(CN)CN(C)c1ccnc(C(N)=O)c1. The smallest absolute Gasteiger partial charge is 0.267 e. The maximum absolute atomic E-state index is 11.0. The van der Waals surface area contributed by atoms with Crippen molar-refractivity contribution in [1.29, 1.82) is 0 Å². The summed E-state index contributed by atoms with van der Waals surface area (Å²) in [5, 5.41) is 0. The average Bonchev–Trinajstić information content (AvgIpc) is 2.28. The molecule has 0 aliphatic carbocycles. The van der Waals surface area contributed by atoms with E-state index in [2.05, 4.69) is 11.9 Å². The second-order valence-corrected chi connectivity index (χ2v) is 3.98. The molecule has 1 aromatic heterocycles. The Labute approximate surface area is 95.4 Å². The van der Waals surface area contributed by atoms with Crippen molar-refractivity contribution >= 4 is 11.6 Å². The summed E-state index contributed by atoms with van der Waals surface area (Å²) >= 11 is 0. The third-order valence-electron chi connectivity index (χ3n) is 2.42. The first-order valence-electron chi connectivity index (χ1n) is 5.21. The van der Waals surface area contributed by atoms with Gasteiger partial charge in [0.15, 0.2) is 0 Å². The van der Waals surface area contributed by atoms with Crippen molar-refractivity contribution in [2.24, 2.45) is 17.4 Å². The zero-order valence-corrected chi connectivity index (χ0v) is 9.68. The molecule has 88 valence electrons. The predicted molar refractivity (Wildman–Crippen MR) is 64.2 cm³/mol. The van der Waals surface area contributed by atoms with Gasteiger partial charge in [0.25, 0.3) is 5.91 Å². The first-order valence-corrected chi connectivity index (χ1v) is 5.21.